The lowest BCUT2D eigenvalue weighted by Crippen LogP contribution is -2.10. The van der Waals surface area contributed by atoms with Gasteiger partial charge in [0.25, 0.3) is 0 Å². The van der Waals surface area contributed by atoms with Crippen molar-refractivity contribution in [1.82, 2.24) is 0 Å². The fourth-order valence-electron chi connectivity index (χ4n) is 1.61. The molecular weight excluding hydrogens is 257 g/mol. The molecule has 0 aliphatic rings. The second kappa shape index (κ2) is 5.48. The first-order valence-electron chi connectivity index (χ1n) is 5.40. The van der Waals surface area contributed by atoms with Gasteiger partial charge in [0.2, 0.25) is 0 Å². The minimum Gasteiger partial charge on any atom is -0.170 e. The Bertz CT molecular complexity index is 506. The molecule has 0 aliphatic carbocycles. The average Bonchev–Trinajstić information content (AvgIpc) is 2.37. The normalized spacial score (nSPS) is 11.5. The number of hydrogen-bond donors (Lipinski definition) is 0. The molecule has 0 spiro atoms. The van der Waals surface area contributed by atoms with Gasteiger partial charge in [0.05, 0.1) is 5.75 Å². The third-order valence-corrected chi connectivity index (χ3v) is 3.50. The van der Waals surface area contributed by atoms with Gasteiger partial charge in [-0.3, -0.25) is 0 Å². The van der Waals surface area contributed by atoms with Crippen LogP contribution in [0.15, 0.2) is 59.5 Å². The number of hydrogen-bond acceptors (Lipinski definition) is 1. The second-order valence-corrected chi connectivity index (χ2v) is 4.78. The van der Waals surface area contributed by atoms with Crippen molar-refractivity contribution in [2.45, 2.75) is 11.1 Å². The van der Waals surface area contributed by atoms with E-state index in [0.29, 0.717) is 4.90 Å². The molecule has 2 aromatic carbocycles. The lowest BCUT2D eigenvalue weighted by Gasteiger charge is -2.10. The molecule has 0 saturated carbocycles. The molecule has 0 bridgehead atoms. The zero-order chi connectivity index (χ0) is 13.0. The van der Waals surface area contributed by atoms with Crippen molar-refractivity contribution in [3.63, 3.8) is 0 Å². The Hall–Kier alpha value is -1.42. The molecular formula is C14H11F3S. The summed E-state index contributed by atoms with van der Waals surface area (Å²) in [7, 11) is 0. The van der Waals surface area contributed by atoms with E-state index in [1.54, 1.807) is 12.1 Å². The summed E-state index contributed by atoms with van der Waals surface area (Å²) in [5.41, 5.74) is 1.77. The Balaban J connectivity index is 2.27. The number of benzene rings is 2. The van der Waals surface area contributed by atoms with Crippen molar-refractivity contribution in [3.05, 3.63) is 54.6 Å². The van der Waals surface area contributed by atoms with Gasteiger partial charge in [-0.25, -0.2) is 0 Å². The highest BCUT2D eigenvalue weighted by molar-refractivity contribution is 7.99. The predicted molar refractivity (Wildman–Crippen MR) is 68.7 cm³/mol. The quantitative estimate of drug-likeness (QED) is 0.705. The smallest absolute Gasteiger partial charge is 0.170 e. The minimum absolute atomic E-state index is 0.654. The van der Waals surface area contributed by atoms with Crippen LogP contribution >= 0.6 is 11.8 Å². The zero-order valence-electron chi connectivity index (χ0n) is 9.45. The molecule has 0 heterocycles. The molecule has 0 unspecified atom stereocenters. The summed E-state index contributed by atoms with van der Waals surface area (Å²) in [5, 5.41) is 0. The largest absolute Gasteiger partial charge is 0.398 e. The Labute approximate surface area is 108 Å². The molecule has 0 amide bonds. The van der Waals surface area contributed by atoms with Gasteiger partial charge in [0, 0.05) is 4.90 Å². The summed E-state index contributed by atoms with van der Waals surface area (Å²) in [6.45, 7) is 0. The first kappa shape index (κ1) is 13.0. The molecule has 0 fully saturated rings. The molecule has 0 nitrogen and oxygen atoms in total. The van der Waals surface area contributed by atoms with E-state index >= 15 is 0 Å². The predicted octanol–water partition coefficient (Wildman–Crippen LogP) is 5.01. The SMILES string of the molecule is FC(F)(F)CSc1ccccc1-c1ccccc1. The third kappa shape index (κ3) is 3.53. The van der Waals surface area contributed by atoms with Gasteiger partial charge in [-0.05, 0) is 17.2 Å². The van der Waals surface area contributed by atoms with Crippen molar-refractivity contribution in [3.8, 4) is 11.1 Å². The van der Waals surface area contributed by atoms with Crippen molar-refractivity contribution in [2.75, 3.05) is 5.75 Å². The summed E-state index contributed by atoms with van der Waals surface area (Å²) in [6, 6.07) is 16.6. The molecule has 0 aromatic heterocycles. The van der Waals surface area contributed by atoms with E-state index in [2.05, 4.69) is 0 Å². The lowest BCUT2D eigenvalue weighted by atomic mass is 10.1. The van der Waals surface area contributed by atoms with Crippen LogP contribution in [0.2, 0.25) is 0 Å². The van der Waals surface area contributed by atoms with Crippen molar-refractivity contribution in [1.29, 1.82) is 0 Å². The maximum absolute atomic E-state index is 12.3. The Morgan fingerprint density at radius 3 is 2.11 bits per heavy atom. The molecule has 2 rings (SSSR count). The first-order chi connectivity index (χ1) is 8.56. The number of thioether (sulfide) groups is 1. The van der Waals surface area contributed by atoms with Crippen molar-refractivity contribution < 1.29 is 13.2 Å². The standard InChI is InChI=1S/C14H11F3S/c15-14(16,17)10-18-13-9-5-4-8-12(13)11-6-2-1-3-7-11/h1-9H,10H2. The van der Waals surface area contributed by atoms with E-state index in [1.165, 1.54) is 0 Å². The lowest BCUT2D eigenvalue weighted by molar-refractivity contribution is -0.105. The highest BCUT2D eigenvalue weighted by Gasteiger charge is 2.27. The van der Waals surface area contributed by atoms with E-state index in [4.69, 9.17) is 0 Å². The average molecular weight is 268 g/mol. The summed E-state index contributed by atoms with van der Waals surface area (Å²) in [5.74, 6) is -0.864. The monoisotopic (exact) mass is 268 g/mol. The van der Waals surface area contributed by atoms with Crippen LogP contribution in [0.5, 0.6) is 0 Å². The Morgan fingerprint density at radius 1 is 0.833 bits per heavy atom. The second-order valence-electron chi connectivity index (χ2n) is 3.77. The topological polar surface area (TPSA) is 0 Å². The summed E-state index contributed by atoms with van der Waals surface area (Å²) in [6.07, 6.45) is -4.14. The minimum atomic E-state index is -4.14. The van der Waals surface area contributed by atoms with Crippen molar-refractivity contribution >= 4 is 11.8 Å². The van der Waals surface area contributed by atoms with Crippen LogP contribution in [0.3, 0.4) is 0 Å². The number of alkyl halides is 3. The van der Waals surface area contributed by atoms with Crippen LogP contribution in [0.1, 0.15) is 0 Å². The fourth-order valence-corrected chi connectivity index (χ4v) is 2.44. The van der Waals surface area contributed by atoms with E-state index in [9.17, 15) is 13.2 Å². The number of rotatable bonds is 3. The molecule has 0 saturated heterocycles. The summed E-state index contributed by atoms with van der Waals surface area (Å²) in [4.78, 5) is 0.654. The molecule has 94 valence electrons. The van der Waals surface area contributed by atoms with Crippen LogP contribution in [0.4, 0.5) is 13.2 Å². The van der Waals surface area contributed by atoms with Crippen molar-refractivity contribution in [2.24, 2.45) is 0 Å². The molecule has 0 N–H and O–H groups in total. The highest BCUT2D eigenvalue weighted by Crippen LogP contribution is 2.34. The van der Waals surface area contributed by atoms with Crippen LogP contribution in [0, 0.1) is 0 Å². The van der Waals surface area contributed by atoms with Gasteiger partial charge in [-0.2, -0.15) is 13.2 Å². The highest BCUT2D eigenvalue weighted by atomic mass is 32.2. The first-order valence-corrected chi connectivity index (χ1v) is 6.39. The van der Waals surface area contributed by atoms with Crippen LogP contribution in [0.25, 0.3) is 11.1 Å². The van der Waals surface area contributed by atoms with Gasteiger partial charge < -0.3 is 0 Å². The molecule has 0 atom stereocenters. The van der Waals surface area contributed by atoms with E-state index in [-0.39, 0.29) is 0 Å². The third-order valence-electron chi connectivity index (χ3n) is 2.36. The Morgan fingerprint density at radius 2 is 1.44 bits per heavy atom. The van der Waals surface area contributed by atoms with E-state index in [0.717, 1.165) is 22.9 Å². The Kier molecular flexibility index (Phi) is 3.97. The summed E-state index contributed by atoms with van der Waals surface area (Å²) >= 11 is 0.824. The number of halogens is 3. The van der Waals surface area contributed by atoms with E-state index < -0.39 is 11.9 Å². The maximum Gasteiger partial charge on any atom is 0.398 e. The molecule has 2 aromatic rings. The van der Waals surface area contributed by atoms with Crippen LogP contribution in [-0.4, -0.2) is 11.9 Å². The van der Waals surface area contributed by atoms with Gasteiger partial charge in [0.1, 0.15) is 0 Å². The molecule has 0 aliphatic heterocycles. The van der Waals surface area contributed by atoms with Gasteiger partial charge in [0.15, 0.2) is 0 Å². The summed E-state index contributed by atoms with van der Waals surface area (Å²) < 4.78 is 36.8. The van der Waals surface area contributed by atoms with Crippen LogP contribution in [-0.2, 0) is 0 Å². The van der Waals surface area contributed by atoms with Gasteiger partial charge in [-0.15, -0.1) is 11.8 Å². The van der Waals surface area contributed by atoms with Gasteiger partial charge >= 0.3 is 6.18 Å². The molecule has 18 heavy (non-hydrogen) atoms. The molecule has 0 radical (unpaired) electrons. The van der Waals surface area contributed by atoms with Gasteiger partial charge in [-0.1, -0.05) is 48.5 Å². The fraction of sp³-hybridized carbons (Fsp3) is 0.143. The maximum atomic E-state index is 12.3. The van der Waals surface area contributed by atoms with Crippen LogP contribution < -0.4 is 0 Å². The van der Waals surface area contributed by atoms with E-state index in [1.807, 2.05) is 42.5 Å². The zero-order valence-corrected chi connectivity index (χ0v) is 10.3. The molecule has 4 heteroatoms.